The van der Waals surface area contributed by atoms with Gasteiger partial charge < -0.3 is 19.9 Å². The van der Waals surface area contributed by atoms with E-state index in [1.807, 2.05) is 32.2 Å². The van der Waals surface area contributed by atoms with Gasteiger partial charge in [-0.15, -0.1) is 0 Å². The van der Waals surface area contributed by atoms with Crippen LogP contribution in [-0.2, 0) is 24.2 Å². The van der Waals surface area contributed by atoms with Crippen molar-refractivity contribution in [2.75, 3.05) is 23.4 Å². The number of amides is 1. The lowest BCUT2D eigenvalue weighted by atomic mass is 10.1. The lowest BCUT2D eigenvalue weighted by molar-refractivity contribution is 0.147. The molecule has 0 spiro atoms. The Kier molecular flexibility index (Phi) is 7.67. The summed E-state index contributed by atoms with van der Waals surface area (Å²) >= 11 is 3.63. The Bertz CT molecular complexity index is 1060. The van der Waals surface area contributed by atoms with Gasteiger partial charge in [0.05, 0.1) is 30.9 Å². The molecule has 4 rings (SSSR count). The summed E-state index contributed by atoms with van der Waals surface area (Å²) in [6.45, 7) is 6.66. The van der Waals surface area contributed by atoms with E-state index in [1.165, 1.54) is 5.56 Å². The number of carbonyl (C=O) groups excluding carboxylic acids is 1. The minimum absolute atomic E-state index is 0.272. The Morgan fingerprint density at radius 2 is 2.12 bits per heavy atom. The number of hydrogen-bond donors (Lipinski definition) is 3. The van der Waals surface area contributed by atoms with Crippen LogP contribution in [0.15, 0.2) is 59.5 Å². The summed E-state index contributed by atoms with van der Waals surface area (Å²) in [7, 11) is 0. The van der Waals surface area contributed by atoms with E-state index in [-0.39, 0.29) is 12.0 Å². The number of nitrogens with zero attached hydrogens (tertiary/aromatic N) is 2. The number of nitrogens with one attached hydrogen (secondary N) is 3. The highest BCUT2D eigenvalue weighted by Gasteiger charge is 2.24. The van der Waals surface area contributed by atoms with Crippen LogP contribution in [-0.4, -0.2) is 35.3 Å². The molecule has 3 N–H and O–H groups in total. The third-order valence-electron chi connectivity index (χ3n) is 5.56. The molecule has 1 amide bonds. The Labute approximate surface area is 203 Å². The highest BCUT2D eigenvalue weighted by molar-refractivity contribution is 9.10. The van der Waals surface area contributed by atoms with E-state index in [0.717, 1.165) is 40.9 Å². The molecular weight excluding hydrogens is 482 g/mol. The second-order valence-corrected chi connectivity index (χ2v) is 9.66. The standard InChI is InChI=1S/C25H30BrN5O2/c1-17(2)15-33-25(32)30-23-10-24-19(9-22(23)26)11-28-20(8-18-6-4-3-5-7-18)13-31(24)14-21-12-27-16-29-21/h3-7,9-10,12,16-17,20,28H,8,11,13-15H2,1-2H3,(H,27,29)(H,30,32). The number of carbonyl (C=O) groups is 1. The monoisotopic (exact) mass is 511 g/mol. The van der Waals surface area contributed by atoms with Gasteiger partial charge in [-0.2, -0.15) is 0 Å². The minimum atomic E-state index is -0.446. The maximum atomic E-state index is 12.3. The number of aromatic nitrogens is 2. The molecule has 2 heterocycles. The van der Waals surface area contributed by atoms with Gasteiger partial charge in [0, 0.05) is 35.5 Å². The van der Waals surface area contributed by atoms with Crippen LogP contribution in [0.3, 0.4) is 0 Å². The van der Waals surface area contributed by atoms with Crippen LogP contribution in [0.2, 0.25) is 0 Å². The number of hydrogen-bond acceptors (Lipinski definition) is 5. The molecule has 1 aliphatic heterocycles. The van der Waals surface area contributed by atoms with Crippen molar-refractivity contribution in [2.45, 2.75) is 39.4 Å². The molecule has 3 aromatic rings. The molecule has 0 bridgehead atoms. The summed E-state index contributed by atoms with van der Waals surface area (Å²) in [4.78, 5) is 22.0. The van der Waals surface area contributed by atoms with Gasteiger partial charge in [0.25, 0.3) is 0 Å². The Balaban J connectivity index is 1.59. The normalized spacial score (nSPS) is 15.8. The van der Waals surface area contributed by atoms with Gasteiger partial charge in [-0.05, 0) is 51.5 Å². The Hall–Kier alpha value is -2.84. The molecule has 8 heteroatoms. The van der Waals surface area contributed by atoms with Crippen LogP contribution in [0, 0.1) is 5.92 Å². The predicted octanol–water partition coefficient (Wildman–Crippen LogP) is 5.10. The van der Waals surface area contributed by atoms with Crippen LogP contribution in [0.25, 0.3) is 0 Å². The summed E-state index contributed by atoms with van der Waals surface area (Å²) in [5.74, 6) is 0.281. The number of rotatable bonds is 7. The van der Waals surface area contributed by atoms with Gasteiger partial charge >= 0.3 is 6.09 Å². The summed E-state index contributed by atoms with van der Waals surface area (Å²) < 4.78 is 6.14. The molecule has 0 saturated heterocycles. The molecule has 1 aromatic heterocycles. The fourth-order valence-electron chi connectivity index (χ4n) is 3.97. The molecule has 174 valence electrons. The van der Waals surface area contributed by atoms with Crippen molar-refractivity contribution >= 4 is 33.4 Å². The average molecular weight is 512 g/mol. The maximum Gasteiger partial charge on any atom is 0.411 e. The van der Waals surface area contributed by atoms with Crippen LogP contribution >= 0.6 is 15.9 Å². The largest absolute Gasteiger partial charge is 0.449 e. The summed E-state index contributed by atoms with van der Waals surface area (Å²) in [5.41, 5.74) is 5.28. The zero-order valence-corrected chi connectivity index (χ0v) is 20.6. The number of H-pyrrole nitrogens is 1. The third kappa shape index (κ3) is 6.36. The van der Waals surface area contributed by atoms with Gasteiger partial charge in [-0.25, -0.2) is 9.78 Å². The van der Waals surface area contributed by atoms with Crippen LogP contribution in [0.5, 0.6) is 0 Å². The van der Waals surface area contributed by atoms with E-state index in [2.05, 4.69) is 71.8 Å². The number of ether oxygens (including phenoxy) is 1. The molecule has 2 aromatic carbocycles. The molecule has 0 radical (unpaired) electrons. The van der Waals surface area contributed by atoms with E-state index in [9.17, 15) is 4.79 Å². The predicted molar refractivity (Wildman–Crippen MR) is 134 cm³/mol. The van der Waals surface area contributed by atoms with Gasteiger partial charge in [0.1, 0.15) is 0 Å². The van der Waals surface area contributed by atoms with Crippen molar-refractivity contribution in [3.8, 4) is 0 Å². The summed E-state index contributed by atoms with van der Waals surface area (Å²) in [6.07, 6.45) is 4.04. The second-order valence-electron chi connectivity index (χ2n) is 8.80. The molecule has 1 aliphatic rings. The first kappa shape index (κ1) is 23.3. The zero-order chi connectivity index (χ0) is 23.2. The van der Waals surface area contributed by atoms with Crippen molar-refractivity contribution in [3.63, 3.8) is 0 Å². The Morgan fingerprint density at radius 1 is 1.30 bits per heavy atom. The van der Waals surface area contributed by atoms with E-state index in [0.29, 0.717) is 18.8 Å². The topological polar surface area (TPSA) is 82.3 Å². The number of aromatic amines is 1. The van der Waals surface area contributed by atoms with Gasteiger partial charge in [-0.3, -0.25) is 5.32 Å². The second kappa shape index (κ2) is 10.9. The number of fused-ring (bicyclic) bond motifs is 1. The molecule has 7 nitrogen and oxygen atoms in total. The van der Waals surface area contributed by atoms with Crippen molar-refractivity contribution in [3.05, 3.63) is 76.3 Å². The third-order valence-corrected chi connectivity index (χ3v) is 6.21. The van der Waals surface area contributed by atoms with Crippen molar-refractivity contribution in [1.29, 1.82) is 0 Å². The molecule has 1 unspecified atom stereocenters. The van der Waals surface area contributed by atoms with E-state index in [1.54, 1.807) is 6.33 Å². The number of imidazole rings is 1. The maximum absolute atomic E-state index is 12.3. The van der Waals surface area contributed by atoms with Crippen molar-refractivity contribution < 1.29 is 9.53 Å². The van der Waals surface area contributed by atoms with E-state index >= 15 is 0 Å². The zero-order valence-electron chi connectivity index (χ0n) is 19.0. The molecule has 0 saturated carbocycles. The lowest BCUT2D eigenvalue weighted by Crippen LogP contribution is -2.39. The smallest absolute Gasteiger partial charge is 0.411 e. The quantitative estimate of drug-likeness (QED) is 0.411. The fourth-order valence-corrected chi connectivity index (χ4v) is 4.46. The highest BCUT2D eigenvalue weighted by Crippen LogP contribution is 2.34. The van der Waals surface area contributed by atoms with Crippen LogP contribution in [0.4, 0.5) is 16.2 Å². The average Bonchev–Trinajstić information content (AvgIpc) is 3.25. The van der Waals surface area contributed by atoms with Gasteiger partial charge in [-0.1, -0.05) is 44.2 Å². The molecule has 33 heavy (non-hydrogen) atoms. The first-order chi connectivity index (χ1) is 16.0. The number of benzene rings is 2. The lowest BCUT2D eigenvalue weighted by Gasteiger charge is -2.28. The van der Waals surface area contributed by atoms with Crippen LogP contribution < -0.4 is 15.5 Å². The molecule has 0 fully saturated rings. The first-order valence-electron chi connectivity index (χ1n) is 11.2. The minimum Gasteiger partial charge on any atom is -0.449 e. The number of anilines is 2. The van der Waals surface area contributed by atoms with Gasteiger partial charge in [0.2, 0.25) is 0 Å². The SMILES string of the molecule is CC(C)COC(=O)Nc1cc2c(cc1Br)CNC(Cc1ccccc1)CN2Cc1cnc[nH]1. The molecular formula is C25H30BrN5O2. The van der Waals surface area contributed by atoms with Crippen molar-refractivity contribution in [1.82, 2.24) is 15.3 Å². The van der Waals surface area contributed by atoms with E-state index < -0.39 is 6.09 Å². The number of halogens is 1. The van der Waals surface area contributed by atoms with E-state index in [4.69, 9.17) is 4.74 Å². The van der Waals surface area contributed by atoms with Crippen molar-refractivity contribution in [2.24, 2.45) is 5.92 Å². The fraction of sp³-hybridized carbons (Fsp3) is 0.360. The molecule has 1 atom stereocenters. The highest BCUT2D eigenvalue weighted by atomic mass is 79.9. The Morgan fingerprint density at radius 3 is 2.85 bits per heavy atom. The summed E-state index contributed by atoms with van der Waals surface area (Å²) in [5, 5.41) is 6.61. The van der Waals surface area contributed by atoms with Gasteiger partial charge in [0.15, 0.2) is 0 Å². The van der Waals surface area contributed by atoms with Crippen LogP contribution in [0.1, 0.15) is 30.7 Å². The first-order valence-corrected chi connectivity index (χ1v) is 12.0. The molecule has 0 aliphatic carbocycles. The summed E-state index contributed by atoms with van der Waals surface area (Å²) in [6, 6.07) is 14.9.